The number of benzene rings is 1. The van der Waals surface area contributed by atoms with E-state index in [2.05, 4.69) is 48.2 Å². The van der Waals surface area contributed by atoms with E-state index in [0.717, 1.165) is 24.6 Å². The Bertz CT molecular complexity index is 762. The van der Waals surface area contributed by atoms with Gasteiger partial charge in [-0.2, -0.15) is 5.10 Å². The average Bonchev–Trinajstić information content (AvgIpc) is 3.10. The van der Waals surface area contributed by atoms with Gasteiger partial charge in [0.15, 0.2) is 0 Å². The first-order chi connectivity index (χ1) is 12.2. The molecule has 3 rings (SSSR count). The monoisotopic (exact) mass is 355 g/mol. The number of aryl methyl sites for hydroxylation is 1. The third kappa shape index (κ3) is 4.14. The zero-order valence-electron chi connectivity index (χ0n) is 16.1. The van der Waals surface area contributed by atoms with E-state index in [0.29, 0.717) is 6.54 Å². The van der Waals surface area contributed by atoms with Gasteiger partial charge in [0.25, 0.3) is 0 Å². The second-order valence-corrected chi connectivity index (χ2v) is 8.18. The van der Waals surface area contributed by atoms with E-state index in [1.807, 2.05) is 35.9 Å². The summed E-state index contributed by atoms with van der Waals surface area (Å²) < 4.78 is 1.86. The highest BCUT2D eigenvalue weighted by Gasteiger charge is 2.32. The molecule has 2 aromatic rings. The molecule has 0 bridgehead atoms. The lowest BCUT2D eigenvalue weighted by atomic mass is 9.95. The first-order valence-corrected chi connectivity index (χ1v) is 9.14. The van der Waals surface area contributed by atoms with E-state index in [9.17, 15) is 4.79 Å². The van der Waals surface area contributed by atoms with E-state index in [1.54, 1.807) is 0 Å². The Balaban J connectivity index is 1.63. The molecule has 1 aromatic carbocycles. The van der Waals surface area contributed by atoms with Crippen LogP contribution in [0.1, 0.15) is 37.9 Å². The van der Waals surface area contributed by atoms with E-state index in [1.165, 1.54) is 5.56 Å². The molecule has 0 saturated carbocycles. The molecule has 1 aliphatic heterocycles. The van der Waals surface area contributed by atoms with Crippen LogP contribution >= 0.6 is 0 Å². The fraction of sp³-hybridized carbons (Fsp3) is 0.500. The molecule has 140 valence electrons. The van der Waals surface area contributed by atoms with Gasteiger partial charge in [-0.3, -0.25) is 9.69 Å². The van der Waals surface area contributed by atoms with Crippen LogP contribution in [0.4, 0.5) is 5.82 Å². The molecule has 6 nitrogen and oxygen atoms in total. The number of hydrogen-bond acceptors (Lipinski definition) is 4. The van der Waals surface area contributed by atoms with Gasteiger partial charge in [0.2, 0.25) is 5.91 Å². The third-order valence-corrected chi connectivity index (χ3v) is 4.77. The van der Waals surface area contributed by atoms with Gasteiger partial charge in [0.1, 0.15) is 5.82 Å². The van der Waals surface area contributed by atoms with Crippen LogP contribution in [0, 0.1) is 6.92 Å². The highest BCUT2D eigenvalue weighted by Crippen LogP contribution is 2.26. The smallest absolute Gasteiger partial charge is 0.239 e. The standard InChI is InChI=1S/C20H29N5O/c1-14-10-18(25(23-14)20(2,3)4)22-19(26)13-24-11-16(17(21)12-24)15-8-6-5-7-9-15/h5-10,16-17H,11-13,21H2,1-4H3,(H,22,26)/t16-,17+/m0/s1. The predicted molar refractivity (Wildman–Crippen MR) is 104 cm³/mol. The van der Waals surface area contributed by atoms with Crippen molar-refractivity contribution in [3.05, 3.63) is 47.7 Å². The van der Waals surface area contributed by atoms with Crippen molar-refractivity contribution in [1.82, 2.24) is 14.7 Å². The van der Waals surface area contributed by atoms with Crippen molar-refractivity contribution in [2.45, 2.75) is 45.2 Å². The number of anilines is 1. The van der Waals surface area contributed by atoms with Gasteiger partial charge >= 0.3 is 0 Å². The number of likely N-dealkylation sites (tertiary alicyclic amines) is 1. The number of carbonyl (C=O) groups is 1. The number of nitrogens with zero attached hydrogens (tertiary/aromatic N) is 3. The third-order valence-electron chi connectivity index (χ3n) is 4.77. The first kappa shape index (κ1) is 18.6. The maximum Gasteiger partial charge on any atom is 0.239 e. The normalized spacial score (nSPS) is 21.1. The minimum atomic E-state index is -0.189. The Morgan fingerprint density at radius 2 is 1.96 bits per heavy atom. The lowest BCUT2D eigenvalue weighted by Crippen LogP contribution is -2.35. The predicted octanol–water partition coefficient (Wildman–Crippen LogP) is 2.31. The van der Waals surface area contributed by atoms with Crippen LogP contribution in [0.2, 0.25) is 0 Å². The van der Waals surface area contributed by atoms with E-state index in [-0.39, 0.29) is 23.4 Å². The molecule has 0 spiro atoms. The van der Waals surface area contributed by atoms with Crippen LogP contribution in [-0.4, -0.2) is 46.3 Å². The molecule has 0 unspecified atom stereocenters. The summed E-state index contributed by atoms with van der Waals surface area (Å²) in [7, 11) is 0. The Kier molecular flexibility index (Phi) is 5.16. The van der Waals surface area contributed by atoms with Crippen molar-refractivity contribution in [3.8, 4) is 0 Å². The van der Waals surface area contributed by atoms with Gasteiger partial charge < -0.3 is 11.1 Å². The first-order valence-electron chi connectivity index (χ1n) is 9.14. The number of rotatable bonds is 4. The minimum Gasteiger partial charge on any atom is -0.326 e. The molecule has 0 aliphatic carbocycles. The maximum absolute atomic E-state index is 12.6. The molecule has 1 aliphatic rings. The molecular formula is C20H29N5O. The van der Waals surface area contributed by atoms with Gasteiger partial charge in [0, 0.05) is 31.1 Å². The fourth-order valence-corrected chi connectivity index (χ4v) is 3.58. The van der Waals surface area contributed by atoms with Gasteiger partial charge in [-0.15, -0.1) is 0 Å². The number of carbonyl (C=O) groups excluding carboxylic acids is 1. The second-order valence-electron chi connectivity index (χ2n) is 8.18. The Morgan fingerprint density at radius 1 is 1.27 bits per heavy atom. The number of hydrogen-bond donors (Lipinski definition) is 2. The topological polar surface area (TPSA) is 76.2 Å². The van der Waals surface area contributed by atoms with Crippen molar-refractivity contribution in [2.75, 3.05) is 25.0 Å². The molecule has 6 heteroatoms. The largest absolute Gasteiger partial charge is 0.326 e. The summed E-state index contributed by atoms with van der Waals surface area (Å²) in [4.78, 5) is 14.7. The summed E-state index contributed by atoms with van der Waals surface area (Å²) in [6.07, 6.45) is 0. The molecule has 0 radical (unpaired) electrons. The summed E-state index contributed by atoms with van der Waals surface area (Å²) in [5.74, 6) is 0.978. The zero-order valence-corrected chi connectivity index (χ0v) is 16.1. The summed E-state index contributed by atoms with van der Waals surface area (Å²) in [5, 5.41) is 7.51. The Labute approximate surface area is 155 Å². The fourth-order valence-electron chi connectivity index (χ4n) is 3.58. The highest BCUT2D eigenvalue weighted by atomic mass is 16.2. The van der Waals surface area contributed by atoms with Gasteiger partial charge in [-0.05, 0) is 33.3 Å². The maximum atomic E-state index is 12.6. The zero-order chi connectivity index (χ0) is 18.9. The number of nitrogens with two attached hydrogens (primary N) is 1. The van der Waals surface area contributed by atoms with Crippen LogP contribution in [0.5, 0.6) is 0 Å². The summed E-state index contributed by atoms with van der Waals surface area (Å²) in [5.41, 5.74) is 8.27. The van der Waals surface area contributed by atoms with Gasteiger partial charge in [-0.1, -0.05) is 30.3 Å². The van der Waals surface area contributed by atoms with Crippen molar-refractivity contribution in [1.29, 1.82) is 0 Å². The molecular weight excluding hydrogens is 326 g/mol. The Morgan fingerprint density at radius 3 is 2.62 bits per heavy atom. The summed E-state index contributed by atoms with van der Waals surface area (Å²) >= 11 is 0. The lowest BCUT2D eigenvalue weighted by Gasteiger charge is -2.23. The van der Waals surface area contributed by atoms with Gasteiger partial charge in [0.05, 0.1) is 17.8 Å². The average molecular weight is 355 g/mol. The SMILES string of the molecule is Cc1cc(NC(=O)CN2C[C@@H](N)[C@H](c3ccccc3)C2)n(C(C)(C)C)n1. The molecule has 3 N–H and O–H groups in total. The number of nitrogens with one attached hydrogen (secondary N) is 1. The van der Waals surface area contributed by atoms with Gasteiger partial charge in [-0.25, -0.2) is 4.68 Å². The number of aromatic nitrogens is 2. The minimum absolute atomic E-state index is 0.0312. The van der Waals surface area contributed by atoms with E-state index in [4.69, 9.17) is 5.73 Å². The van der Waals surface area contributed by atoms with Crippen molar-refractivity contribution < 1.29 is 4.79 Å². The molecule has 2 heterocycles. The highest BCUT2D eigenvalue weighted by molar-refractivity contribution is 5.91. The van der Waals surface area contributed by atoms with E-state index >= 15 is 0 Å². The van der Waals surface area contributed by atoms with Crippen LogP contribution in [0.3, 0.4) is 0 Å². The Hall–Kier alpha value is -2.18. The van der Waals surface area contributed by atoms with E-state index < -0.39 is 0 Å². The lowest BCUT2D eigenvalue weighted by molar-refractivity contribution is -0.117. The van der Waals surface area contributed by atoms with Crippen LogP contribution in [0.25, 0.3) is 0 Å². The van der Waals surface area contributed by atoms with Crippen LogP contribution < -0.4 is 11.1 Å². The molecule has 1 fully saturated rings. The summed E-state index contributed by atoms with van der Waals surface area (Å²) in [6.45, 7) is 10.0. The summed E-state index contributed by atoms with van der Waals surface area (Å²) in [6, 6.07) is 12.3. The second kappa shape index (κ2) is 7.21. The molecule has 1 saturated heterocycles. The molecule has 2 atom stereocenters. The molecule has 1 aromatic heterocycles. The van der Waals surface area contributed by atoms with Crippen LogP contribution in [-0.2, 0) is 10.3 Å². The molecule has 1 amide bonds. The van der Waals surface area contributed by atoms with Crippen molar-refractivity contribution in [2.24, 2.45) is 5.73 Å². The number of amides is 1. The van der Waals surface area contributed by atoms with Crippen molar-refractivity contribution in [3.63, 3.8) is 0 Å². The molecule has 26 heavy (non-hydrogen) atoms. The van der Waals surface area contributed by atoms with Crippen molar-refractivity contribution >= 4 is 11.7 Å². The van der Waals surface area contributed by atoms with Crippen LogP contribution in [0.15, 0.2) is 36.4 Å². The quantitative estimate of drug-likeness (QED) is 0.882.